The van der Waals surface area contributed by atoms with E-state index in [4.69, 9.17) is 16.0 Å². The van der Waals surface area contributed by atoms with Crippen molar-refractivity contribution in [2.45, 2.75) is 6.54 Å². The Bertz CT molecular complexity index is 730. The average molecular weight is 338 g/mol. The first-order valence-corrected chi connectivity index (χ1v) is 6.86. The van der Waals surface area contributed by atoms with Gasteiger partial charge in [0.05, 0.1) is 24.3 Å². The number of nitro benzene ring substituents is 1. The molecule has 8 nitrogen and oxygen atoms in total. The van der Waals surface area contributed by atoms with Crippen molar-refractivity contribution in [3.63, 3.8) is 0 Å². The molecule has 120 valence electrons. The molecule has 0 aliphatic rings. The lowest BCUT2D eigenvalue weighted by molar-refractivity contribution is -0.385. The molecule has 2 rings (SSSR count). The predicted molar refractivity (Wildman–Crippen MR) is 81.0 cm³/mol. The molecule has 0 aliphatic heterocycles. The molecular formula is C14H12ClN3O5. The van der Waals surface area contributed by atoms with Gasteiger partial charge in [0, 0.05) is 11.1 Å². The van der Waals surface area contributed by atoms with E-state index in [1.807, 2.05) is 0 Å². The van der Waals surface area contributed by atoms with Crippen molar-refractivity contribution in [3.8, 4) is 0 Å². The first-order chi connectivity index (χ1) is 11.0. The minimum atomic E-state index is -0.735. The smallest absolute Gasteiger partial charge is 0.283 e. The summed E-state index contributed by atoms with van der Waals surface area (Å²) in [6.07, 6.45) is 1.48. The number of rotatable bonds is 6. The zero-order valence-corrected chi connectivity index (χ0v) is 12.5. The van der Waals surface area contributed by atoms with Gasteiger partial charge in [-0.15, -0.1) is 0 Å². The Morgan fingerprint density at radius 3 is 2.70 bits per heavy atom. The van der Waals surface area contributed by atoms with Crippen LogP contribution in [0, 0.1) is 10.1 Å². The molecule has 23 heavy (non-hydrogen) atoms. The maximum absolute atomic E-state index is 12.0. The van der Waals surface area contributed by atoms with Gasteiger partial charge in [0.25, 0.3) is 11.6 Å². The van der Waals surface area contributed by atoms with Gasteiger partial charge in [0.1, 0.15) is 11.3 Å². The number of hydrogen-bond donors (Lipinski definition) is 2. The van der Waals surface area contributed by atoms with Crippen LogP contribution in [0.15, 0.2) is 41.0 Å². The molecule has 0 saturated carbocycles. The Balaban J connectivity index is 1.92. The van der Waals surface area contributed by atoms with Crippen molar-refractivity contribution >= 4 is 29.1 Å². The van der Waals surface area contributed by atoms with Crippen LogP contribution < -0.4 is 10.6 Å². The molecule has 0 bridgehead atoms. The first-order valence-electron chi connectivity index (χ1n) is 6.48. The quantitative estimate of drug-likeness (QED) is 0.617. The fourth-order valence-corrected chi connectivity index (χ4v) is 1.93. The van der Waals surface area contributed by atoms with Crippen LogP contribution in [0.3, 0.4) is 0 Å². The van der Waals surface area contributed by atoms with E-state index in [0.717, 1.165) is 6.07 Å². The third kappa shape index (κ3) is 4.55. The van der Waals surface area contributed by atoms with Gasteiger partial charge in [-0.05, 0) is 24.3 Å². The van der Waals surface area contributed by atoms with Crippen LogP contribution in [0.25, 0.3) is 0 Å². The summed E-state index contributed by atoms with van der Waals surface area (Å²) in [6.45, 7) is -0.137. The van der Waals surface area contributed by atoms with E-state index in [1.54, 1.807) is 12.1 Å². The van der Waals surface area contributed by atoms with Crippen molar-refractivity contribution in [1.82, 2.24) is 10.6 Å². The number of carbonyl (C=O) groups is 2. The molecule has 0 radical (unpaired) electrons. The molecule has 0 spiro atoms. The standard InChI is InChI=1S/C14H12ClN3O5/c15-9-3-4-11(12(6-9)18(21)22)14(20)17-8-13(19)16-7-10-2-1-5-23-10/h1-6H,7-8H2,(H,16,19)(H,17,20). The largest absolute Gasteiger partial charge is 0.467 e. The Hall–Kier alpha value is -2.87. The van der Waals surface area contributed by atoms with Gasteiger partial charge in [-0.3, -0.25) is 19.7 Å². The molecule has 1 aromatic heterocycles. The van der Waals surface area contributed by atoms with E-state index < -0.39 is 22.4 Å². The molecule has 2 N–H and O–H groups in total. The summed E-state index contributed by atoms with van der Waals surface area (Å²) in [7, 11) is 0. The van der Waals surface area contributed by atoms with E-state index in [1.165, 1.54) is 18.4 Å². The summed E-state index contributed by atoms with van der Waals surface area (Å²) < 4.78 is 5.04. The van der Waals surface area contributed by atoms with E-state index in [0.29, 0.717) is 5.76 Å². The lowest BCUT2D eigenvalue weighted by atomic mass is 10.1. The van der Waals surface area contributed by atoms with Crippen LogP contribution in [0.1, 0.15) is 16.1 Å². The molecule has 0 saturated heterocycles. The maximum atomic E-state index is 12.0. The lowest BCUT2D eigenvalue weighted by Gasteiger charge is -2.06. The number of nitro groups is 1. The fraction of sp³-hybridized carbons (Fsp3) is 0.143. The second kappa shape index (κ2) is 7.41. The molecule has 1 aromatic carbocycles. The highest BCUT2D eigenvalue weighted by atomic mass is 35.5. The number of nitrogens with one attached hydrogen (secondary N) is 2. The number of halogens is 1. The minimum absolute atomic E-state index is 0.143. The van der Waals surface area contributed by atoms with Gasteiger partial charge in [0.15, 0.2) is 0 Å². The third-order valence-corrected chi connectivity index (χ3v) is 3.09. The molecule has 0 aliphatic carbocycles. The van der Waals surface area contributed by atoms with E-state index in [9.17, 15) is 19.7 Å². The lowest BCUT2D eigenvalue weighted by Crippen LogP contribution is -2.36. The Kier molecular flexibility index (Phi) is 5.32. The molecule has 0 atom stereocenters. The van der Waals surface area contributed by atoms with Crippen LogP contribution in [0.2, 0.25) is 5.02 Å². The molecule has 1 heterocycles. The van der Waals surface area contributed by atoms with E-state index in [-0.39, 0.29) is 23.7 Å². The monoisotopic (exact) mass is 337 g/mol. The van der Waals surface area contributed by atoms with Crippen LogP contribution in [-0.4, -0.2) is 23.3 Å². The van der Waals surface area contributed by atoms with Gasteiger partial charge < -0.3 is 15.1 Å². The van der Waals surface area contributed by atoms with Crippen LogP contribution in [0.4, 0.5) is 5.69 Å². The van der Waals surface area contributed by atoms with Gasteiger partial charge in [-0.2, -0.15) is 0 Å². The van der Waals surface area contributed by atoms with Crippen LogP contribution in [0.5, 0.6) is 0 Å². The van der Waals surface area contributed by atoms with E-state index >= 15 is 0 Å². The summed E-state index contributed by atoms with van der Waals surface area (Å²) in [6, 6.07) is 7.04. The Morgan fingerprint density at radius 1 is 1.26 bits per heavy atom. The summed E-state index contributed by atoms with van der Waals surface area (Å²) >= 11 is 5.67. The molecule has 9 heteroatoms. The van der Waals surface area contributed by atoms with Crippen LogP contribution in [-0.2, 0) is 11.3 Å². The van der Waals surface area contributed by atoms with Crippen molar-refractivity contribution in [2.24, 2.45) is 0 Å². The SMILES string of the molecule is O=C(CNC(=O)c1ccc(Cl)cc1[N+](=O)[O-])NCc1ccco1. The summed E-state index contributed by atoms with van der Waals surface area (Å²) in [4.78, 5) is 33.8. The number of furan rings is 1. The highest BCUT2D eigenvalue weighted by molar-refractivity contribution is 6.31. The third-order valence-electron chi connectivity index (χ3n) is 2.85. The minimum Gasteiger partial charge on any atom is -0.467 e. The average Bonchev–Trinajstić information content (AvgIpc) is 3.03. The number of hydrogen-bond acceptors (Lipinski definition) is 5. The molecule has 2 amide bonds. The molecule has 0 fully saturated rings. The molecule has 2 aromatic rings. The van der Waals surface area contributed by atoms with Gasteiger partial charge in [0.2, 0.25) is 5.91 Å². The zero-order valence-electron chi connectivity index (χ0n) is 11.7. The Morgan fingerprint density at radius 2 is 2.04 bits per heavy atom. The number of nitrogens with zero attached hydrogens (tertiary/aromatic N) is 1. The summed E-state index contributed by atoms with van der Waals surface area (Å²) in [5, 5.41) is 15.9. The van der Waals surface area contributed by atoms with Crippen molar-refractivity contribution in [1.29, 1.82) is 0 Å². The number of amides is 2. The van der Waals surface area contributed by atoms with Crippen molar-refractivity contribution < 1.29 is 18.9 Å². The molecule has 0 unspecified atom stereocenters. The van der Waals surface area contributed by atoms with Gasteiger partial charge in [-0.25, -0.2) is 0 Å². The second-order valence-electron chi connectivity index (χ2n) is 4.46. The first kappa shape index (κ1) is 16.5. The van der Waals surface area contributed by atoms with E-state index in [2.05, 4.69) is 10.6 Å². The maximum Gasteiger partial charge on any atom is 0.283 e. The second-order valence-corrected chi connectivity index (χ2v) is 4.89. The number of carbonyl (C=O) groups excluding carboxylic acids is 2. The van der Waals surface area contributed by atoms with Gasteiger partial charge in [-0.1, -0.05) is 11.6 Å². The summed E-state index contributed by atoms with van der Waals surface area (Å²) in [5.41, 5.74) is -0.593. The number of benzene rings is 1. The molecular weight excluding hydrogens is 326 g/mol. The topological polar surface area (TPSA) is 114 Å². The van der Waals surface area contributed by atoms with Crippen molar-refractivity contribution in [3.05, 3.63) is 63.1 Å². The van der Waals surface area contributed by atoms with Crippen LogP contribution >= 0.6 is 11.6 Å². The van der Waals surface area contributed by atoms with Gasteiger partial charge >= 0.3 is 0 Å². The summed E-state index contributed by atoms with van der Waals surface area (Å²) in [5.74, 6) is -0.620. The fourth-order valence-electron chi connectivity index (χ4n) is 1.77. The highest BCUT2D eigenvalue weighted by Gasteiger charge is 2.20. The van der Waals surface area contributed by atoms with Crippen molar-refractivity contribution in [2.75, 3.05) is 6.54 Å². The highest BCUT2D eigenvalue weighted by Crippen LogP contribution is 2.22. The zero-order chi connectivity index (χ0) is 16.8. The Labute approximate surface area is 135 Å². The predicted octanol–water partition coefficient (Wildman–Crippen LogP) is 1.89. The normalized spacial score (nSPS) is 10.1.